The summed E-state index contributed by atoms with van der Waals surface area (Å²) in [6.07, 6.45) is 3.60. The van der Waals surface area contributed by atoms with Crippen molar-refractivity contribution in [3.8, 4) is 0 Å². The minimum Gasteiger partial charge on any atom is -0.394 e. The summed E-state index contributed by atoms with van der Waals surface area (Å²) in [6, 6.07) is 4.31. The van der Waals surface area contributed by atoms with Crippen LogP contribution in [0.25, 0.3) is 10.1 Å². The number of carbonyl (C=O) groups excluding carboxylic acids is 1. The van der Waals surface area contributed by atoms with Crippen LogP contribution in [0.1, 0.15) is 9.67 Å². The Balaban J connectivity index is 2.04. The third-order valence-corrected chi connectivity index (χ3v) is 4.94. The molecule has 2 heterocycles. The van der Waals surface area contributed by atoms with Gasteiger partial charge in [-0.3, -0.25) is 4.79 Å². The second-order valence-electron chi connectivity index (χ2n) is 4.49. The molecule has 0 aliphatic carbocycles. The number of halogens is 2. The Morgan fingerprint density at radius 2 is 2.35 bits per heavy atom. The van der Waals surface area contributed by atoms with E-state index in [9.17, 15) is 14.3 Å². The third-order valence-electron chi connectivity index (χ3n) is 3.31. The number of fused-ring (bicyclic) bond motifs is 1. The van der Waals surface area contributed by atoms with Crippen LogP contribution < -0.4 is 0 Å². The van der Waals surface area contributed by atoms with E-state index < -0.39 is 5.82 Å². The Labute approximate surface area is 123 Å². The topological polar surface area (TPSA) is 40.5 Å². The van der Waals surface area contributed by atoms with Gasteiger partial charge in [0.05, 0.1) is 17.7 Å². The van der Waals surface area contributed by atoms with Crippen LogP contribution in [0.5, 0.6) is 0 Å². The van der Waals surface area contributed by atoms with E-state index in [2.05, 4.69) is 0 Å². The van der Waals surface area contributed by atoms with Crippen molar-refractivity contribution in [1.29, 1.82) is 0 Å². The molecule has 104 valence electrons. The molecule has 1 atom stereocenters. The predicted molar refractivity (Wildman–Crippen MR) is 77.8 cm³/mol. The van der Waals surface area contributed by atoms with Crippen molar-refractivity contribution in [3.05, 3.63) is 46.1 Å². The highest BCUT2D eigenvalue weighted by molar-refractivity contribution is 7.21. The monoisotopic (exact) mass is 311 g/mol. The van der Waals surface area contributed by atoms with Crippen molar-refractivity contribution in [2.45, 2.75) is 6.04 Å². The maximum atomic E-state index is 13.8. The fourth-order valence-electron chi connectivity index (χ4n) is 2.30. The van der Waals surface area contributed by atoms with E-state index >= 15 is 0 Å². The van der Waals surface area contributed by atoms with Gasteiger partial charge in [0, 0.05) is 16.6 Å². The standard InChI is InChI=1S/C14H11ClFNO2S/c15-12-11-9(16)4-1-5-10(11)20-13(12)14(19)17-6-2-3-8(17)7-18/h1-5,8,18H,6-7H2. The highest BCUT2D eigenvalue weighted by Crippen LogP contribution is 2.38. The van der Waals surface area contributed by atoms with E-state index in [1.54, 1.807) is 18.2 Å². The van der Waals surface area contributed by atoms with Crippen molar-refractivity contribution in [3.63, 3.8) is 0 Å². The molecule has 1 aliphatic heterocycles. The predicted octanol–water partition coefficient (Wildman–Crippen LogP) is 3.07. The number of hydrogen-bond acceptors (Lipinski definition) is 3. The van der Waals surface area contributed by atoms with Crippen LogP contribution >= 0.6 is 22.9 Å². The van der Waals surface area contributed by atoms with Crippen LogP contribution in [0.4, 0.5) is 4.39 Å². The highest BCUT2D eigenvalue weighted by atomic mass is 35.5. The van der Waals surface area contributed by atoms with E-state index in [-0.39, 0.29) is 29.0 Å². The van der Waals surface area contributed by atoms with Crippen LogP contribution in [0.3, 0.4) is 0 Å². The first-order valence-electron chi connectivity index (χ1n) is 6.08. The summed E-state index contributed by atoms with van der Waals surface area (Å²) < 4.78 is 14.4. The Morgan fingerprint density at radius 3 is 3.05 bits per heavy atom. The number of aliphatic hydroxyl groups excluding tert-OH is 1. The fraction of sp³-hybridized carbons (Fsp3) is 0.214. The molecule has 0 spiro atoms. The number of amides is 1. The van der Waals surface area contributed by atoms with Gasteiger partial charge >= 0.3 is 0 Å². The van der Waals surface area contributed by atoms with E-state index in [0.717, 1.165) is 0 Å². The van der Waals surface area contributed by atoms with Crippen molar-refractivity contribution in [2.24, 2.45) is 0 Å². The molecule has 3 rings (SSSR count). The van der Waals surface area contributed by atoms with E-state index in [1.807, 2.05) is 6.08 Å². The third kappa shape index (κ3) is 2.02. The van der Waals surface area contributed by atoms with E-state index in [0.29, 0.717) is 16.1 Å². The molecular formula is C14H11ClFNO2S. The first-order valence-corrected chi connectivity index (χ1v) is 7.28. The Hall–Kier alpha value is -1.43. The van der Waals surface area contributed by atoms with Crippen LogP contribution in [0.15, 0.2) is 30.4 Å². The quantitative estimate of drug-likeness (QED) is 0.866. The summed E-state index contributed by atoms with van der Waals surface area (Å²) in [5.41, 5.74) is 0. The molecule has 1 amide bonds. The lowest BCUT2D eigenvalue weighted by atomic mass is 10.2. The molecule has 6 heteroatoms. The lowest BCUT2D eigenvalue weighted by molar-refractivity contribution is 0.0705. The zero-order chi connectivity index (χ0) is 14.3. The SMILES string of the molecule is O=C(c1sc2cccc(F)c2c1Cl)N1CC=CC1CO. The van der Waals surface area contributed by atoms with Crippen molar-refractivity contribution in [2.75, 3.05) is 13.2 Å². The molecule has 0 radical (unpaired) electrons. The summed E-state index contributed by atoms with van der Waals surface area (Å²) in [6.45, 7) is 0.288. The molecule has 3 nitrogen and oxygen atoms in total. The number of rotatable bonds is 2. The molecule has 0 saturated carbocycles. The lowest BCUT2D eigenvalue weighted by Crippen LogP contribution is -2.37. The second-order valence-corrected chi connectivity index (χ2v) is 5.92. The molecule has 1 aliphatic rings. The number of hydrogen-bond donors (Lipinski definition) is 1. The summed E-state index contributed by atoms with van der Waals surface area (Å²) in [5.74, 6) is -0.708. The zero-order valence-corrected chi connectivity index (χ0v) is 11.9. The zero-order valence-electron chi connectivity index (χ0n) is 10.3. The van der Waals surface area contributed by atoms with Gasteiger partial charge in [0.2, 0.25) is 0 Å². The summed E-state index contributed by atoms with van der Waals surface area (Å²) in [4.78, 5) is 14.3. The summed E-state index contributed by atoms with van der Waals surface area (Å²) in [7, 11) is 0. The van der Waals surface area contributed by atoms with Crippen LogP contribution in [0, 0.1) is 5.82 Å². The number of carbonyl (C=O) groups is 1. The average molecular weight is 312 g/mol. The Kier molecular flexibility index (Phi) is 3.50. The molecule has 1 aromatic carbocycles. The Bertz CT molecular complexity index is 713. The number of thiophene rings is 1. The highest BCUT2D eigenvalue weighted by Gasteiger charge is 2.29. The molecule has 1 N–H and O–H groups in total. The van der Waals surface area contributed by atoms with E-state index in [4.69, 9.17) is 11.6 Å². The first kappa shape index (κ1) is 13.5. The van der Waals surface area contributed by atoms with E-state index in [1.165, 1.54) is 22.3 Å². The maximum Gasteiger partial charge on any atom is 0.266 e. The van der Waals surface area contributed by atoms with Crippen molar-refractivity contribution in [1.82, 2.24) is 4.90 Å². The molecule has 20 heavy (non-hydrogen) atoms. The maximum absolute atomic E-state index is 13.8. The van der Waals surface area contributed by atoms with Gasteiger partial charge in [0.25, 0.3) is 5.91 Å². The van der Waals surface area contributed by atoms with Gasteiger partial charge in [-0.2, -0.15) is 0 Å². The molecule has 1 unspecified atom stereocenters. The number of nitrogens with zero attached hydrogens (tertiary/aromatic N) is 1. The molecular weight excluding hydrogens is 301 g/mol. The summed E-state index contributed by atoms with van der Waals surface area (Å²) in [5, 5.41) is 9.69. The van der Waals surface area contributed by atoms with Crippen LogP contribution in [-0.4, -0.2) is 35.1 Å². The Morgan fingerprint density at radius 1 is 1.55 bits per heavy atom. The molecule has 1 aromatic heterocycles. The fourth-order valence-corrected chi connectivity index (χ4v) is 3.81. The van der Waals surface area contributed by atoms with Gasteiger partial charge in [-0.25, -0.2) is 4.39 Å². The normalized spacial score (nSPS) is 18.1. The van der Waals surface area contributed by atoms with Gasteiger partial charge in [-0.05, 0) is 12.1 Å². The van der Waals surface area contributed by atoms with Gasteiger partial charge in [0.15, 0.2) is 0 Å². The van der Waals surface area contributed by atoms with Gasteiger partial charge in [0.1, 0.15) is 10.7 Å². The molecule has 0 bridgehead atoms. The van der Waals surface area contributed by atoms with Crippen molar-refractivity contribution < 1.29 is 14.3 Å². The largest absolute Gasteiger partial charge is 0.394 e. The average Bonchev–Trinajstić information content (AvgIpc) is 3.03. The first-order chi connectivity index (χ1) is 9.63. The van der Waals surface area contributed by atoms with Gasteiger partial charge < -0.3 is 10.0 Å². The molecule has 2 aromatic rings. The van der Waals surface area contributed by atoms with Crippen LogP contribution in [0.2, 0.25) is 5.02 Å². The number of aliphatic hydroxyl groups is 1. The minimum absolute atomic E-state index is 0.140. The van der Waals surface area contributed by atoms with Gasteiger partial charge in [-0.1, -0.05) is 29.8 Å². The van der Waals surface area contributed by atoms with Crippen LogP contribution in [-0.2, 0) is 0 Å². The van der Waals surface area contributed by atoms with Gasteiger partial charge in [-0.15, -0.1) is 11.3 Å². The molecule has 0 saturated heterocycles. The summed E-state index contributed by atoms with van der Waals surface area (Å²) >= 11 is 7.34. The number of benzene rings is 1. The lowest BCUT2D eigenvalue weighted by Gasteiger charge is -2.22. The smallest absolute Gasteiger partial charge is 0.266 e. The minimum atomic E-state index is -0.430. The van der Waals surface area contributed by atoms with Crippen molar-refractivity contribution >= 4 is 38.9 Å². The second kappa shape index (κ2) is 5.16. The molecule has 0 fully saturated rings.